The summed E-state index contributed by atoms with van der Waals surface area (Å²) in [6.07, 6.45) is 2.65. The number of hydrogen-bond acceptors (Lipinski definition) is 1. The van der Waals surface area contributed by atoms with E-state index in [0.29, 0.717) is 6.04 Å². The summed E-state index contributed by atoms with van der Waals surface area (Å²) in [7, 11) is 0. The van der Waals surface area contributed by atoms with Gasteiger partial charge in [-0.25, -0.2) is 0 Å². The highest BCUT2D eigenvalue weighted by Crippen LogP contribution is 2.20. The maximum absolute atomic E-state index is 12.0. The van der Waals surface area contributed by atoms with Crippen molar-refractivity contribution in [2.45, 2.75) is 38.5 Å². The lowest BCUT2D eigenvalue weighted by Crippen LogP contribution is -2.39. The Labute approximate surface area is 77.4 Å². The van der Waals surface area contributed by atoms with E-state index in [1.165, 1.54) is 0 Å². The Hall–Kier alpha value is -0.185. The van der Waals surface area contributed by atoms with Gasteiger partial charge in [0, 0.05) is 6.04 Å². The van der Waals surface area contributed by atoms with Crippen LogP contribution in [0.2, 0.25) is 6.32 Å². The molecule has 0 radical (unpaired) electrons. The molecule has 1 nitrogen and oxygen atoms in total. The summed E-state index contributed by atoms with van der Waals surface area (Å²) in [6, 6.07) is 0.340. The molecule has 0 amide bonds. The molecule has 1 unspecified atom stereocenters. The van der Waals surface area contributed by atoms with Gasteiger partial charge in [0.25, 0.3) is 0 Å². The van der Waals surface area contributed by atoms with Crippen LogP contribution >= 0.6 is 0 Å². The van der Waals surface area contributed by atoms with Crippen LogP contribution in [0.5, 0.6) is 0 Å². The van der Waals surface area contributed by atoms with E-state index in [0.717, 1.165) is 25.8 Å². The molecular weight excluding hydrogens is 178 g/mol. The van der Waals surface area contributed by atoms with Gasteiger partial charge in [-0.3, -0.25) is 0 Å². The molecule has 0 spiro atoms. The fourth-order valence-corrected chi connectivity index (χ4v) is 1.80. The van der Waals surface area contributed by atoms with E-state index in [4.69, 9.17) is 0 Å². The first-order valence-corrected chi connectivity index (χ1v) is 4.94. The monoisotopic (exact) mass is 194 g/mol. The maximum atomic E-state index is 12.0. The number of piperidine rings is 1. The fourth-order valence-electron chi connectivity index (χ4n) is 1.80. The summed E-state index contributed by atoms with van der Waals surface area (Å²) in [4.78, 5) is 1.96. The van der Waals surface area contributed by atoms with Crippen molar-refractivity contribution >= 4 is 6.98 Å². The Balaban J connectivity index is 2.27. The SMILES string of the molecule is CC1CCCCN1CC[B-](F)(F)F. The molecule has 0 aromatic heterocycles. The molecule has 1 fully saturated rings. The normalized spacial score (nSPS) is 26.3. The van der Waals surface area contributed by atoms with Gasteiger partial charge in [0.1, 0.15) is 0 Å². The lowest BCUT2D eigenvalue weighted by Gasteiger charge is -2.34. The smallest absolute Gasteiger partial charge is 0.449 e. The van der Waals surface area contributed by atoms with E-state index in [1.54, 1.807) is 0 Å². The lowest BCUT2D eigenvalue weighted by atomic mass is 9.85. The van der Waals surface area contributed by atoms with Crippen molar-refractivity contribution in [3.8, 4) is 0 Å². The summed E-state index contributed by atoms with van der Waals surface area (Å²) in [5.41, 5.74) is 0. The lowest BCUT2D eigenvalue weighted by molar-refractivity contribution is 0.166. The second-order valence-corrected chi connectivity index (χ2v) is 3.88. The minimum Gasteiger partial charge on any atom is -0.449 e. The average molecular weight is 194 g/mol. The second-order valence-electron chi connectivity index (χ2n) is 3.88. The largest absolute Gasteiger partial charge is 0.479 e. The van der Waals surface area contributed by atoms with E-state index < -0.39 is 13.3 Å². The molecule has 1 atom stereocenters. The third kappa shape index (κ3) is 4.03. The van der Waals surface area contributed by atoms with Gasteiger partial charge in [0.05, 0.1) is 0 Å². The van der Waals surface area contributed by atoms with Crippen molar-refractivity contribution in [2.24, 2.45) is 0 Å². The Morgan fingerprint density at radius 3 is 2.54 bits per heavy atom. The topological polar surface area (TPSA) is 3.24 Å². The van der Waals surface area contributed by atoms with Gasteiger partial charge in [-0.15, -0.1) is 0 Å². The van der Waals surface area contributed by atoms with Crippen molar-refractivity contribution in [3.63, 3.8) is 0 Å². The molecule has 1 aliphatic heterocycles. The number of likely N-dealkylation sites (tertiary alicyclic amines) is 1. The molecule has 0 aromatic rings. The first-order chi connectivity index (χ1) is 5.99. The molecule has 13 heavy (non-hydrogen) atoms. The van der Waals surface area contributed by atoms with Gasteiger partial charge < -0.3 is 17.8 Å². The summed E-state index contributed by atoms with van der Waals surface area (Å²) in [5, 5.41) is 0. The Morgan fingerprint density at radius 1 is 1.31 bits per heavy atom. The molecule has 5 heteroatoms. The van der Waals surface area contributed by atoms with Crippen molar-refractivity contribution in [1.29, 1.82) is 0 Å². The molecule has 1 heterocycles. The summed E-state index contributed by atoms with van der Waals surface area (Å²) in [5.74, 6) is 0. The van der Waals surface area contributed by atoms with Crippen LogP contribution in [0.15, 0.2) is 0 Å². The number of halogens is 3. The zero-order valence-corrected chi connectivity index (χ0v) is 7.98. The number of hydrogen-bond donors (Lipinski definition) is 0. The van der Waals surface area contributed by atoms with Gasteiger partial charge in [0.15, 0.2) is 0 Å². The van der Waals surface area contributed by atoms with Crippen molar-refractivity contribution < 1.29 is 12.9 Å². The van der Waals surface area contributed by atoms with Crippen LogP contribution in [0.1, 0.15) is 26.2 Å². The molecule has 1 aliphatic rings. The van der Waals surface area contributed by atoms with Crippen LogP contribution in [0.4, 0.5) is 12.9 Å². The molecule has 1 saturated heterocycles. The van der Waals surface area contributed by atoms with Crippen LogP contribution in [0.25, 0.3) is 0 Å². The third-order valence-corrected chi connectivity index (χ3v) is 2.68. The van der Waals surface area contributed by atoms with E-state index in [1.807, 2.05) is 11.8 Å². The minimum atomic E-state index is -4.59. The Morgan fingerprint density at radius 2 is 2.00 bits per heavy atom. The Kier molecular flexibility index (Phi) is 3.65. The van der Waals surface area contributed by atoms with E-state index >= 15 is 0 Å². The first kappa shape index (κ1) is 10.9. The molecule has 0 aromatic carbocycles. The zero-order chi connectivity index (χ0) is 9.90. The van der Waals surface area contributed by atoms with Crippen molar-refractivity contribution in [1.82, 2.24) is 4.90 Å². The maximum Gasteiger partial charge on any atom is 0.479 e. The highest BCUT2D eigenvalue weighted by atomic mass is 19.4. The number of rotatable bonds is 3. The van der Waals surface area contributed by atoms with E-state index in [9.17, 15) is 12.9 Å². The standard InChI is InChI=1S/C8H16BF3N/c1-8-4-2-3-6-13(8)7-5-9(10,11)12/h8H,2-7H2,1H3/q-1. The highest BCUT2D eigenvalue weighted by Gasteiger charge is 2.25. The molecule has 1 rings (SSSR count). The van der Waals surface area contributed by atoms with Gasteiger partial charge in [-0.1, -0.05) is 12.7 Å². The number of nitrogens with zero attached hydrogens (tertiary/aromatic N) is 1. The van der Waals surface area contributed by atoms with Gasteiger partial charge in [0.2, 0.25) is 0 Å². The molecule has 0 saturated carbocycles. The van der Waals surface area contributed by atoms with Gasteiger partial charge in [-0.2, -0.15) is 0 Å². The predicted octanol–water partition coefficient (Wildman–Crippen LogP) is 2.71. The van der Waals surface area contributed by atoms with Crippen molar-refractivity contribution in [2.75, 3.05) is 13.1 Å². The Bertz CT molecular complexity index is 160. The predicted molar refractivity (Wildman–Crippen MR) is 48.8 cm³/mol. The van der Waals surface area contributed by atoms with Crippen LogP contribution in [-0.2, 0) is 0 Å². The quantitative estimate of drug-likeness (QED) is 0.624. The van der Waals surface area contributed by atoms with Crippen LogP contribution in [0.3, 0.4) is 0 Å². The first-order valence-electron chi connectivity index (χ1n) is 4.94. The molecule has 0 N–H and O–H groups in total. The van der Waals surface area contributed by atoms with E-state index in [-0.39, 0.29) is 6.54 Å². The van der Waals surface area contributed by atoms with Crippen LogP contribution in [0, 0.1) is 0 Å². The van der Waals surface area contributed by atoms with Crippen LogP contribution in [-0.4, -0.2) is 31.0 Å². The minimum absolute atomic E-state index is 0.199. The fraction of sp³-hybridized carbons (Fsp3) is 1.00. The second kappa shape index (κ2) is 4.35. The van der Waals surface area contributed by atoms with Gasteiger partial charge >= 0.3 is 6.98 Å². The summed E-state index contributed by atoms with van der Waals surface area (Å²) in [6.45, 7) is -1.54. The zero-order valence-electron chi connectivity index (χ0n) is 7.98. The van der Waals surface area contributed by atoms with Crippen LogP contribution < -0.4 is 0 Å². The molecule has 0 aliphatic carbocycles. The third-order valence-electron chi connectivity index (χ3n) is 2.68. The van der Waals surface area contributed by atoms with Crippen molar-refractivity contribution in [3.05, 3.63) is 0 Å². The summed E-state index contributed by atoms with van der Waals surface area (Å²) >= 11 is 0. The van der Waals surface area contributed by atoms with E-state index in [2.05, 4.69) is 0 Å². The highest BCUT2D eigenvalue weighted by molar-refractivity contribution is 6.58. The average Bonchev–Trinajstić information content (AvgIpc) is 2.01. The summed E-state index contributed by atoms with van der Waals surface area (Å²) < 4.78 is 35.9. The molecular formula is C8H16BF3N-. The molecule has 78 valence electrons. The van der Waals surface area contributed by atoms with Gasteiger partial charge in [-0.05, 0) is 32.9 Å². The molecule has 0 bridgehead atoms.